The van der Waals surface area contributed by atoms with E-state index in [0.29, 0.717) is 12.1 Å². The van der Waals surface area contributed by atoms with E-state index < -0.39 is 34.3 Å². The van der Waals surface area contributed by atoms with Gasteiger partial charge in [0.05, 0.1) is 11.4 Å². The molecule has 0 aliphatic carbocycles. The summed E-state index contributed by atoms with van der Waals surface area (Å²) < 4.78 is 40.1. The van der Waals surface area contributed by atoms with E-state index in [-0.39, 0.29) is 17.3 Å². The molecule has 0 bridgehead atoms. The molecule has 2 aromatic rings. The van der Waals surface area contributed by atoms with Crippen LogP contribution in [0.1, 0.15) is 37.8 Å². The molecule has 0 aromatic heterocycles. The Kier molecular flexibility index (Phi) is 9.55. The number of benzene rings is 2. The molecule has 0 saturated heterocycles. The fraction of sp³-hybridized carbons (Fsp3) is 0.417. The predicted octanol–water partition coefficient (Wildman–Crippen LogP) is 3.09. The van der Waals surface area contributed by atoms with Gasteiger partial charge in [0.1, 0.15) is 11.9 Å². The molecule has 0 aliphatic rings. The average molecular weight is 478 g/mol. The Morgan fingerprint density at radius 2 is 1.67 bits per heavy atom. The number of nitrogens with zero attached hydrogens (tertiary/aromatic N) is 2. The summed E-state index contributed by atoms with van der Waals surface area (Å²) in [6.45, 7) is 5.54. The number of amides is 2. The lowest BCUT2D eigenvalue weighted by atomic mass is 10.1. The lowest BCUT2D eigenvalue weighted by Gasteiger charge is -2.30. The predicted molar refractivity (Wildman–Crippen MR) is 125 cm³/mol. The van der Waals surface area contributed by atoms with Crippen LogP contribution >= 0.6 is 0 Å². The minimum Gasteiger partial charge on any atom is -0.354 e. The number of nitrogens with one attached hydrogen (secondary N) is 1. The van der Waals surface area contributed by atoms with E-state index in [0.717, 1.165) is 22.7 Å². The summed E-state index contributed by atoms with van der Waals surface area (Å²) >= 11 is 0. The maximum absolute atomic E-state index is 13.3. The van der Waals surface area contributed by atoms with Crippen molar-refractivity contribution < 1.29 is 22.4 Å². The number of hydrogen-bond donors (Lipinski definition) is 1. The third-order valence-electron chi connectivity index (χ3n) is 5.35. The van der Waals surface area contributed by atoms with Gasteiger partial charge in [-0.1, -0.05) is 43.2 Å². The molecule has 2 amide bonds. The number of aryl methyl sites for hydroxylation is 1. The van der Waals surface area contributed by atoms with E-state index in [1.165, 1.54) is 48.3 Å². The van der Waals surface area contributed by atoms with Crippen LogP contribution in [0, 0.1) is 12.7 Å². The largest absolute Gasteiger partial charge is 0.354 e. The molecule has 0 unspecified atom stereocenters. The first-order valence-corrected chi connectivity index (χ1v) is 12.3. The number of likely N-dealkylation sites (N-methyl/N-ethyl adjacent to an activating group) is 1. The van der Waals surface area contributed by atoms with Crippen LogP contribution in [0.4, 0.5) is 4.39 Å². The summed E-state index contributed by atoms with van der Waals surface area (Å²) in [6.07, 6.45) is 1.72. The topological polar surface area (TPSA) is 86.8 Å². The summed E-state index contributed by atoms with van der Waals surface area (Å²) in [5.41, 5.74) is 1.54. The van der Waals surface area contributed by atoms with Crippen LogP contribution in [0.15, 0.2) is 53.4 Å². The van der Waals surface area contributed by atoms with Crippen LogP contribution < -0.4 is 5.32 Å². The average Bonchev–Trinajstić information content (AvgIpc) is 2.78. The van der Waals surface area contributed by atoms with E-state index >= 15 is 0 Å². The monoisotopic (exact) mass is 477 g/mol. The molecule has 0 radical (unpaired) electrons. The molecule has 9 heteroatoms. The van der Waals surface area contributed by atoms with Gasteiger partial charge in [-0.3, -0.25) is 9.59 Å². The molecule has 1 atom stereocenters. The van der Waals surface area contributed by atoms with Gasteiger partial charge in [-0.2, -0.15) is 4.31 Å². The highest BCUT2D eigenvalue weighted by atomic mass is 32.2. The van der Waals surface area contributed by atoms with Crippen molar-refractivity contribution in [2.24, 2.45) is 0 Å². The van der Waals surface area contributed by atoms with Crippen molar-refractivity contribution >= 4 is 21.8 Å². The zero-order valence-corrected chi connectivity index (χ0v) is 20.4. The van der Waals surface area contributed by atoms with Crippen molar-refractivity contribution in [3.05, 3.63) is 65.5 Å². The number of unbranched alkanes of at least 4 members (excludes halogenated alkanes) is 1. The molecule has 2 aromatic carbocycles. The Hall–Kier alpha value is -2.78. The van der Waals surface area contributed by atoms with Crippen LogP contribution in [0.5, 0.6) is 0 Å². The van der Waals surface area contributed by atoms with Crippen molar-refractivity contribution in [3.8, 4) is 0 Å². The standard InChI is InChI=1S/C24H32FN3O4S/c1-5-6-15-26-24(30)19(3)28(16-20-9-11-21(25)12-10-20)23(29)17-27(4)33(31,32)22-13-7-18(2)8-14-22/h7-14,19H,5-6,15-17H2,1-4H3,(H,26,30)/t19-/m0/s1. The highest BCUT2D eigenvalue weighted by Crippen LogP contribution is 2.17. The minimum absolute atomic E-state index is 0.0416. The maximum Gasteiger partial charge on any atom is 0.243 e. The van der Waals surface area contributed by atoms with Crippen LogP contribution in [0.25, 0.3) is 0 Å². The van der Waals surface area contributed by atoms with Gasteiger partial charge in [0.2, 0.25) is 21.8 Å². The fourth-order valence-electron chi connectivity index (χ4n) is 3.16. The van der Waals surface area contributed by atoms with E-state index in [4.69, 9.17) is 0 Å². The lowest BCUT2D eigenvalue weighted by molar-refractivity contribution is -0.140. The molecule has 0 saturated carbocycles. The Morgan fingerprint density at radius 3 is 2.24 bits per heavy atom. The van der Waals surface area contributed by atoms with Crippen LogP contribution in [-0.4, -0.2) is 55.6 Å². The fourth-order valence-corrected chi connectivity index (χ4v) is 4.28. The summed E-state index contributed by atoms with van der Waals surface area (Å²) in [4.78, 5) is 27.2. The Morgan fingerprint density at radius 1 is 1.06 bits per heavy atom. The van der Waals surface area contributed by atoms with Gasteiger partial charge in [0.25, 0.3) is 0 Å². The summed E-state index contributed by atoms with van der Waals surface area (Å²) in [5, 5.41) is 2.80. The second-order valence-corrected chi connectivity index (χ2v) is 10.1. The molecule has 0 heterocycles. The number of carbonyl (C=O) groups is 2. The molecule has 0 spiro atoms. The van der Waals surface area contributed by atoms with Gasteiger partial charge < -0.3 is 10.2 Å². The van der Waals surface area contributed by atoms with E-state index in [2.05, 4.69) is 5.32 Å². The number of sulfonamides is 1. The third kappa shape index (κ3) is 7.36. The summed E-state index contributed by atoms with van der Waals surface area (Å²) in [6, 6.07) is 11.1. The molecule has 7 nitrogen and oxygen atoms in total. The molecule has 180 valence electrons. The van der Waals surface area contributed by atoms with Gasteiger partial charge in [-0.05, 0) is 50.1 Å². The van der Waals surface area contributed by atoms with Crippen molar-refractivity contribution in [2.75, 3.05) is 20.1 Å². The first-order valence-electron chi connectivity index (χ1n) is 10.9. The zero-order valence-electron chi connectivity index (χ0n) is 19.5. The second kappa shape index (κ2) is 11.9. The van der Waals surface area contributed by atoms with Crippen molar-refractivity contribution in [1.82, 2.24) is 14.5 Å². The van der Waals surface area contributed by atoms with Gasteiger partial charge in [0, 0.05) is 20.1 Å². The van der Waals surface area contributed by atoms with Gasteiger partial charge in [-0.25, -0.2) is 12.8 Å². The third-order valence-corrected chi connectivity index (χ3v) is 7.17. The van der Waals surface area contributed by atoms with E-state index in [1.807, 2.05) is 13.8 Å². The molecule has 0 aliphatic heterocycles. The van der Waals surface area contributed by atoms with E-state index in [1.54, 1.807) is 19.1 Å². The van der Waals surface area contributed by atoms with Crippen LogP contribution in [0.2, 0.25) is 0 Å². The van der Waals surface area contributed by atoms with Gasteiger partial charge in [0.15, 0.2) is 0 Å². The number of hydrogen-bond acceptors (Lipinski definition) is 4. The molecule has 2 rings (SSSR count). The molecular formula is C24H32FN3O4S. The number of halogens is 1. The lowest BCUT2D eigenvalue weighted by Crippen LogP contribution is -2.50. The number of carbonyl (C=O) groups excluding carboxylic acids is 2. The Bertz CT molecular complexity index is 1040. The highest BCUT2D eigenvalue weighted by Gasteiger charge is 2.30. The normalized spacial score (nSPS) is 12.4. The van der Waals surface area contributed by atoms with Crippen LogP contribution in [0.3, 0.4) is 0 Å². The van der Waals surface area contributed by atoms with E-state index in [9.17, 15) is 22.4 Å². The van der Waals surface area contributed by atoms with Crippen molar-refractivity contribution in [3.63, 3.8) is 0 Å². The SMILES string of the molecule is CCCCNC(=O)[C@H](C)N(Cc1ccc(F)cc1)C(=O)CN(C)S(=O)(=O)c1ccc(C)cc1. The van der Waals surface area contributed by atoms with Crippen molar-refractivity contribution in [1.29, 1.82) is 0 Å². The summed E-state index contributed by atoms with van der Waals surface area (Å²) in [5.74, 6) is -1.27. The van der Waals surface area contributed by atoms with Gasteiger partial charge in [-0.15, -0.1) is 0 Å². The Labute approximate surface area is 195 Å². The summed E-state index contributed by atoms with van der Waals surface area (Å²) in [7, 11) is -2.56. The Balaban J connectivity index is 2.22. The number of rotatable bonds is 11. The molecule has 1 N–H and O–H groups in total. The molecule has 33 heavy (non-hydrogen) atoms. The molecular weight excluding hydrogens is 445 g/mol. The first-order chi connectivity index (χ1) is 15.6. The van der Waals surface area contributed by atoms with Crippen LogP contribution in [-0.2, 0) is 26.2 Å². The van der Waals surface area contributed by atoms with Crippen molar-refractivity contribution in [2.45, 2.75) is 51.1 Å². The molecule has 0 fully saturated rings. The first kappa shape index (κ1) is 26.5. The maximum atomic E-state index is 13.3. The quantitative estimate of drug-likeness (QED) is 0.504. The second-order valence-electron chi connectivity index (χ2n) is 8.04. The minimum atomic E-state index is -3.89. The zero-order chi connectivity index (χ0) is 24.6. The smallest absolute Gasteiger partial charge is 0.243 e. The highest BCUT2D eigenvalue weighted by molar-refractivity contribution is 7.89. The van der Waals surface area contributed by atoms with Gasteiger partial charge >= 0.3 is 0 Å².